The summed E-state index contributed by atoms with van der Waals surface area (Å²) in [6.07, 6.45) is 12.6. The molecule has 1 aromatic carbocycles. The van der Waals surface area contributed by atoms with Crippen molar-refractivity contribution in [1.29, 1.82) is 0 Å². The Morgan fingerprint density at radius 3 is 2.34 bits per heavy atom. The molecule has 2 fully saturated rings. The third-order valence-electron chi connectivity index (χ3n) is 8.12. The fourth-order valence-corrected chi connectivity index (χ4v) is 5.91. The number of nitrogens with one attached hydrogen (secondary N) is 1. The molecule has 0 aliphatic heterocycles. The predicted molar refractivity (Wildman–Crippen MR) is 143 cm³/mol. The topological polar surface area (TPSA) is 63.1 Å². The van der Waals surface area contributed by atoms with E-state index >= 15 is 0 Å². The van der Waals surface area contributed by atoms with Gasteiger partial charge in [-0.3, -0.25) is 9.36 Å². The molecule has 6 nitrogen and oxygen atoms in total. The molecule has 1 N–H and O–H groups in total. The Hall–Kier alpha value is -2.73. The summed E-state index contributed by atoms with van der Waals surface area (Å²) in [4.78, 5) is 25.7. The maximum atomic E-state index is 13.8. The summed E-state index contributed by atoms with van der Waals surface area (Å²) >= 11 is 0. The van der Waals surface area contributed by atoms with Gasteiger partial charge in [0.05, 0.1) is 0 Å². The maximum absolute atomic E-state index is 13.8. The molecule has 0 amide bonds. The summed E-state index contributed by atoms with van der Waals surface area (Å²) < 4.78 is 1.99. The van der Waals surface area contributed by atoms with Gasteiger partial charge < -0.3 is 10.2 Å². The molecular formula is C29H39N5O. The van der Waals surface area contributed by atoms with Crippen molar-refractivity contribution in [2.75, 3.05) is 19.4 Å². The highest BCUT2D eigenvalue weighted by molar-refractivity contribution is 5.76. The molecule has 5 rings (SSSR count). The van der Waals surface area contributed by atoms with E-state index in [0.717, 1.165) is 48.7 Å². The quantitative estimate of drug-likeness (QED) is 0.502. The van der Waals surface area contributed by atoms with Crippen LogP contribution in [-0.2, 0) is 12.8 Å². The summed E-state index contributed by atoms with van der Waals surface area (Å²) in [5.41, 5.74) is 4.22. The van der Waals surface area contributed by atoms with Gasteiger partial charge in [0.25, 0.3) is 5.56 Å². The first-order valence-corrected chi connectivity index (χ1v) is 13.4. The standard InChI is InChI=1S/C29H39N5O/c1-4-20-9-11-21(12-10-20)17-22-18-23-19-30-29(31-24-13-15-25(16-14-24)33(2)3)32-27(23)34(28(22)35)26-7-5-6-8-26/h9-12,18-19,24-26H,4-8,13-17H2,1-3H3,(H,30,31,32). The highest BCUT2D eigenvalue weighted by Crippen LogP contribution is 2.31. The molecule has 2 heterocycles. The van der Waals surface area contributed by atoms with E-state index in [4.69, 9.17) is 4.98 Å². The van der Waals surface area contributed by atoms with Gasteiger partial charge in [-0.15, -0.1) is 0 Å². The summed E-state index contributed by atoms with van der Waals surface area (Å²) in [5.74, 6) is 0.653. The monoisotopic (exact) mass is 473 g/mol. The average molecular weight is 474 g/mol. The van der Waals surface area contributed by atoms with Crippen LogP contribution < -0.4 is 10.9 Å². The SMILES string of the molecule is CCc1ccc(Cc2cc3cnc(NC4CCC(N(C)C)CC4)nc3n(C3CCCC3)c2=O)cc1. The van der Waals surface area contributed by atoms with Gasteiger partial charge in [-0.1, -0.05) is 44.0 Å². The van der Waals surface area contributed by atoms with E-state index in [9.17, 15) is 4.79 Å². The molecule has 6 heteroatoms. The van der Waals surface area contributed by atoms with E-state index in [1.165, 1.54) is 36.8 Å². The molecule has 35 heavy (non-hydrogen) atoms. The Morgan fingerprint density at radius 2 is 1.69 bits per heavy atom. The minimum atomic E-state index is 0.111. The van der Waals surface area contributed by atoms with Crippen molar-refractivity contribution in [3.8, 4) is 0 Å². The van der Waals surface area contributed by atoms with Crippen molar-refractivity contribution in [2.24, 2.45) is 0 Å². The maximum Gasteiger partial charge on any atom is 0.256 e. The van der Waals surface area contributed by atoms with Gasteiger partial charge in [0.1, 0.15) is 5.65 Å². The van der Waals surface area contributed by atoms with Crippen molar-refractivity contribution in [2.45, 2.75) is 89.3 Å². The number of aryl methyl sites for hydroxylation is 1. The normalized spacial score (nSPS) is 21.1. The molecule has 2 aromatic heterocycles. The van der Waals surface area contributed by atoms with Gasteiger partial charge in [0.15, 0.2) is 0 Å². The number of benzene rings is 1. The lowest BCUT2D eigenvalue weighted by Crippen LogP contribution is -2.36. The van der Waals surface area contributed by atoms with Crippen LogP contribution >= 0.6 is 0 Å². The van der Waals surface area contributed by atoms with E-state index in [0.29, 0.717) is 24.5 Å². The van der Waals surface area contributed by atoms with E-state index in [1.54, 1.807) is 0 Å². The molecule has 2 aliphatic rings. The number of aromatic nitrogens is 3. The Kier molecular flexibility index (Phi) is 7.19. The number of hydrogen-bond donors (Lipinski definition) is 1. The average Bonchev–Trinajstić information content (AvgIpc) is 3.40. The van der Waals surface area contributed by atoms with Crippen LogP contribution in [0.2, 0.25) is 0 Å². The van der Waals surface area contributed by atoms with Gasteiger partial charge in [-0.05, 0) is 76.2 Å². The molecular weight excluding hydrogens is 434 g/mol. The third-order valence-corrected chi connectivity index (χ3v) is 8.12. The Labute approximate surface area is 208 Å². The van der Waals surface area contributed by atoms with Crippen LogP contribution in [0.4, 0.5) is 5.95 Å². The van der Waals surface area contributed by atoms with E-state index in [2.05, 4.69) is 60.5 Å². The van der Waals surface area contributed by atoms with Gasteiger partial charge >= 0.3 is 0 Å². The minimum Gasteiger partial charge on any atom is -0.351 e. The summed E-state index contributed by atoms with van der Waals surface area (Å²) in [6, 6.07) is 11.9. The number of anilines is 1. The Balaban J connectivity index is 1.45. The lowest BCUT2D eigenvalue weighted by Gasteiger charge is -2.33. The van der Waals surface area contributed by atoms with Gasteiger partial charge in [0.2, 0.25) is 5.95 Å². The number of pyridine rings is 1. The van der Waals surface area contributed by atoms with Gasteiger partial charge in [-0.25, -0.2) is 4.98 Å². The molecule has 3 aromatic rings. The second kappa shape index (κ2) is 10.5. The van der Waals surface area contributed by atoms with Crippen LogP contribution in [0.5, 0.6) is 0 Å². The molecule has 0 radical (unpaired) electrons. The molecule has 0 unspecified atom stereocenters. The van der Waals surface area contributed by atoms with Crippen molar-refractivity contribution in [3.05, 3.63) is 63.6 Å². The lowest BCUT2D eigenvalue weighted by atomic mass is 9.91. The molecule has 2 saturated carbocycles. The van der Waals surface area contributed by atoms with E-state index in [-0.39, 0.29) is 11.6 Å². The first-order valence-electron chi connectivity index (χ1n) is 13.4. The van der Waals surface area contributed by atoms with Crippen LogP contribution in [0.3, 0.4) is 0 Å². The third kappa shape index (κ3) is 5.27. The van der Waals surface area contributed by atoms with Gasteiger partial charge in [-0.2, -0.15) is 4.98 Å². The second-order valence-electron chi connectivity index (χ2n) is 10.7. The van der Waals surface area contributed by atoms with E-state index in [1.807, 2.05) is 16.8 Å². The number of rotatable bonds is 7. The molecule has 0 saturated heterocycles. The summed E-state index contributed by atoms with van der Waals surface area (Å²) in [5, 5.41) is 4.54. The van der Waals surface area contributed by atoms with E-state index < -0.39 is 0 Å². The van der Waals surface area contributed by atoms with Crippen LogP contribution in [0.15, 0.2) is 41.3 Å². The summed E-state index contributed by atoms with van der Waals surface area (Å²) in [7, 11) is 4.34. The van der Waals surface area contributed by atoms with Crippen LogP contribution in [-0.4, -0.2) is 45.6 Å². The number of hydrogen-bond acceptors (Lipinski definition) is 5. The zero-order valence-corrected chi connectivity index (χ0v) is 21.5. The largest absolute Gasteiger partial charge is 0.351 e. The zero-order valence-electron chi connectivity index (χ0n) is 21.5. The predicted octanol–water partition coefficient (Wildman–Crippen LogP) is 5.34. The molecule has 0 atom stereocenters. The number of nitrogens with zero attached hydrogens (tertiary/aromatic N) is 4. The van der Waals surface area contributed by atoms with Crippen molar-refractivity contribution in [3.63, 3.8) is 0 Å². The van der Waals surface area contributed by atoms with Crippen LogP contribution in [0.25, 0.3) is 11.0 Å². The highest BCUT2D eigenvalue weighted by Gasteiger charge is 2.25. The first-order chi connectivity index (χ1) is 17.0. The fraction of sp³-hybridized carbons (Fsp3) is 0.552. The minimum absolute atomic E-state index is 0.111. The van der Waals surface area contributed by atoms with Crippen molar-refractivity contribution < 1.29 is 0 Å². The van der Waals surface area contributed by atoms with Gasteiger partial charge in [0, 0.05) is 41.7 Å². The first kappa shape index (κ1) is 24.0. The van der Waals surface area contributed by atoms with Crippen LogP contribution in [0.1, 0.15) is 81.0 Å². The molecule has 0 spiro atoms. The highest BCUT2D eigenvalue weighted by atomic mass is 16.1. The molecule has 186 valence electrons. The number of fused-ring (bicyclic) bond motifs is 1. The van der Waals surface area contributed by atoms with Crippen molar-refractivity contribution >= 4 is 17.0 Å². The smallest absolute Gasteiger partial charge is 0.256 e. The Bertz CT molecular complexity index is 1200. The summed E-state index contributed by atoms with van der Waals surface area (Å²) in [6.45, 7) is 2.16. The van der Waals surface area contributed by atoms with Crippen molar-refractivity contribution in [1.82, 2.24) is 19.4 Å². The fourth-order valence-electron chi connectivity index (χ4n) is 5.91. The molecule has 2 aliphatic carbocycles. The Morgan fingerprint density at radius 1 is 1.00 bits per heavy atom. The lowest BCUT2D eigenvalue weighted by molar-refractivity contribution is 0.221. The zero-order chi connectivity index (χ0) is 24.4. The van der Waals surface area contributed by atoms with Crippen LogP contribution in [0, 0.1) is 0 Å². The second-order valence-corrected chi connectivity index (χ2v) is 10.7. The molecule has 0 bridgehead atoms.